The molecule has 1 N–H and O–H groups in total. The fourth-order valence-corrected chi connectivity index (χ4v) is 3.10. The Morgan fingerprint density at radius 3 is 2.80 bits per heavy atom. The second-order valence-corrected chi connectivity index (χ2v) is 5.70. The van der Waals surface area contributed by atoms with Gasteiger partial charge in [0.15, 0.2) is 0 Å². The van der Waals surface area contributed by atoms with Crippen LogP contribution >= 0.6 is 11.3 Å². The molecule has 102 valence electrons. The highest BCUT2D eigenvalue weighted by Gasteiger charge is 2.15. The molecule has 0 aliphatic carbocycles. The quantitative estimate of drug-likeness (QED) is 0.801. The van der Waals surface area contributed by atoms with Gasteiger partial charge in [0, 0.05) is 9.75 Å². The Morgan fingerprint density at radius 1 is 1.30 bits per heavy atom. The lowest BCUT2D eigenvalue weighted by Gasteiger charge is -2.02. The molecule has 0 unspecified atom stereocenters. The Morgan fingerprint density at radius 2 is 2.10 bits per heavy atom. The Kier molecular flexibility index (Phi) is 3.23. The average Bonchev–Trinajstić information content (AvgIpc) is 3.06. The van der Waals surface area contributed by atoms with E-state index in [9.17, 15) is 9.90 Å². The Hall–Kier alpha value is -2.21. The Bertz CT molecular complexity index is 776. The van der Waals surface area contributed by atoms with E-state index in [4.69, 9.17) is 0 Å². The summed E-state index contributed by atoms with van der Waals surface area (Å²) in [7, 11) is 0. The van der Waals surface area contributed by atoms with Gasteiger partial charge in [-0.15, -0.1) is 16.4 Å². The van der Waals surface area contributed by atoms with Crippen molar-refractivity contribution in [3.8, 4) is 0 Å². The van der Waals surface area contributed by atoms with Gasteiger partial charge in [0.2, 0.25) is 0 Å². The van der Waals surface area contributed by atoms with Crippen molar-refractivity contribution in [1.29, 1.82) is 0 Å². The van der Waals surface area contributed by atoms with Gasteiger partial charge in [-0.1, -0.05) is 18.2 Å². The maximum absolute atomic E-state index is 11.3. The van der Waals surface area contributed by atoms with Gasteiger partial charge in [-0.25, -0.2) is 9.48 Å². The van der Waals surface area contributed by atoms with E-state index < -0.39 is 5.97 Å². The number of benzene rings is 1. The topological polar surface area (TPSA) is 68.0 Å². The zero-order valence-electron chi connectivity index (χ0n) is 10.9. The first kappa shape index (κ1) is 12.8. The smallest absolute Gasteiger partial charge is 0.337 e. The van der Waals surface area contributed by atoms with Gasteiger partial charge in [-0.3, -0.25) is 0 Å². The van der Waals surface area contributed by atoms with E-state index in [2.05, 4.69) is 29.4 Å². The standard InChI is InChI=1S/C14H13N3O2S/c1-2-9-6-7-10(20-9)8-17-13-11(14(18)19)4-3-5-12(13)15-16-17/h3-7H,2,8H2,1H3,(H,18,19). The molecule has 3 aromatic rings. The summed E-state index contributed by atoms with van der Waals surface area (Å²) in [4.78, 5) is 13.8. The van der Waals surface area contributed by atoms with E-state index in [1.807, 2.05) is 0 Å². The van der Waals surface area contributed by atoms with Crippen LogP contribution in [0, 0.1) is 0 Å². The van der Waals surface area contributed by atoms with Crippen LogP contribution in [0.4, 0.5) is 0 Å². The third-order valence-electron chi connectivity index (χ3n) is 3.14. The van der Waals surface area contributed by atoms with Crippen LogP contribution in [-0.2, 0) is 13.0 Å². The van der Waals surface area contributed by atoms with Gasteiger partial charge in [0.1, 0.15) is 11.0 Å². The Labute approximate surface area is 119 Å². The van der Waals surface area contributed by atoms with Gasteiger partial charge in [-0.05, 0) is 30.7 Å². The van der Waals surface area contributed by atoms with Crippen molar-refractivity contribution in [3.05, 3.63) is 45.6 Å². The van der Waals surface area contributed by atoms with E-state index >= 15 is 0 Å². The zero-order chi connectivity index (χ0) is 14.1. The molecule has 0 atom stereocenters. The third kappa shape index (κ3) is 2.18. The number of rotatable bonds is 4. The predicted octanol–water partition coefficient (Wildman–Crippen LogP) is 2.80. The van der Waals surface area contributed by atoms with Crippen molar-refractivity contribution < 1.29 is 9.90 Å². The molecule has 0 spiro atoms. The van der Waals surface area contributed by atoms with Crippen LogP contribution in [0.1, 0.15) is 27.0 Å². The number of thiophene rings is 1. The van der Waals surface area contributed by atoms with Gasteiger partial charge in [0.25, 0.3) is 0 Å². The molecule has 5 nitrogen and oxygen atoms in total. The molecular weight excluding hydrogens is 274 g/mol. The highest BCUT2D eigenvalue weighted by Crippen LogP contribution is 2.21. The number of hydrogen-bond donors (Lipinski definition) is 1. The monoisotopic (exact) mass is 287 g/mol. The molecule has 0 fully saturated rings. The molecule has 0 radical (unpaired) electrons. The van der Waals surface area contributed by atoms with Crippen molar-refractivity contribution in [2.75, 3.05) is 0 Å². The number of hydrogen-bond acceptors (Lipinski definition) is 4. The lowest BCUT2D eigenvalue weighted by Crippen LogP contribution is -2.05. The maximum atomic E-state index is 11.3. The first-order chi connectivity index (χ1) is 9.69. The molecule has 1 aromatic carbocycles. The lowest BCUT2D eigenvalue weighted by atomic mass is 10.2. The van der Waals surface area contributed by atoms with Crippen molar-refractivity contribution >= 4 is 28.3 Å². The summed E-state index contributed by atoms with van der Waals surface area (Å²) in [5.41, 5.74) is 1.42. The molecule has 0 aliphatic rings. The number of fused-ring (bicyclic) bond motifs is 1. The fourth-order valence-electron chi connectivity index (χ4n) is 2.16. The largest absolute Gasteiger partial charge is 0.478 e. The minimum atomic E-state index is -0.959. The van der Waals surface area contributed by atoms with E-state index in [0.717, 1.165) is 11.3 Å². The molecule has 6 heteroatoms. The Balaban J connectivity index is 2.05. The van der Waals surface area contributed by atoms with Crippen molar-refractivity contribution in [1.82, 2.24) is 15.0 Å². The molecule has 2 heterocycles. The van der Waals surface area contributed by atoms with Crippen LogP contribution in [0.25, 0.3) is 11.0 Å². The van der Waals surface area contributed by atoms with Crippen LogP contribution in [0.3, 0.4) is 0 Å². The molecule has 20 heavy (non-hydrogen) atoms. The molecule has 0 bridgehead atoms. The maximum Gasteiger partial charge on any atom is 0.337 e. The van der Waals surface area contributed by atoms with Gasteiger partial charge < -0.3 is 5.11 Å². The van der Waals surface area contributed by atoms with Crippen molar-refractivity contribution in [2.45, 2.75) is 19.9 Å². The molecule has 2 aromatic heterocycles. The molecule has 0 saturated heterocycles. The van der Waals surface area contributed by atoms with Crippen LogP contribution in [0.2, 0.25) is 0 Å². The highest BCUT2D eigenvalue weighted by atomic mass is 32.1. The minimum absolute atomic E-state index is 0.236. The van der Waals surface area contributed by atoms with E-state index in [0.29, 0.717) is 17.6 Å². The van der Waals surface area contributed by atoms with E-state index in [-0.39, 0.29) is 5.56 Å². The number of aromatic nitrogens is 3. The van der Waals surface area contributed by atoms with Gasteiger partial charge in [0.05, 0.1) is 12.1 Å². The summed E-state index contributed by atoms with van der Waals surface area (Å²) in [6.07, 6.45) is 1.00. The third-order valence-corrected chi connectivity index (χ3v) is 4.35. The minimum Gasteiger partial charge on any atom is -0.478 e. The summed E-state index contributed by atoms with van der Waals surface area (Å²) < 4.78 is 1.66. The van der Waals surface area contributed by atoms with Crippen LogP contribution in [0.15, 0.2) is 30.3 Å². The summed E-state index contributed by atoms with van der Waals surface area (Å²) >= 11 is 1.72. The number of aryl methyl sites for hydroxylation is 1. The number of aromatic carboxylic acids is 1. The summed E-state index contributed by atoms with van der Waals surface area (Å²) in [5.74, 6) is -0.959. The normalized spacial score (nSPS) is 11.1. The molecule has 0 aliphatic heterocycles. The molecular formula is C14H13N3O2S. The first-order valence-electron chi connectivity index (χ1n) is 6.32. The number of carboxylic acids is 1. The number of carbonyl (C=O) groups is 1. The fraction of sp³-hybridized carbons (Fsp3) is 0.214. The van der Waals surface area contributed by atoms with Crippen LogP contribution < -0.4 is 0 Å². The van der Waals surface area contributed by atoms with E-state index in [1.54, 1.807) is 34.2 Å². The molecule has 3 rings (SSSR count). The van der Waals surface area contributed by atoms with Crippen LogP contribution in [-0.4, -0.2) is 26.1 Å². The summed E-state index contributed by atoms with van der Waals surface area (Å²) in [6, 6.07) is 9.19. The molecule has 0 saturated carbocycles. The second kappa shape index (κ2) is 5.05. The zero-order valence-corrected chi connectivity index (χ0v) is 11.7. The molecule has 0 amide bonds. The van der Waals surface area contributed by atoms with E-state index in [1.165, 1.54) is 4.88 Å². The number of nitrogens with zero attached hydrogens (tertiary/aromatic N) is 3. The number of para-hydroxylation sites is 1. The van der Waals surface area contributed by atoms with Crippen molar-refractivity contribution in [3.63, 3.8) is 0 Å². The summed E-state index contributed by atoms with van der Waals surface area (Å²) in [5, 5.41) is 17.4. The lowest BCUT2D eigenvalue weighted by molar-refractivity contribution is 0.0698. The first-order valence-corrected chi connectivity index (χ1v) is 7.13. The summed E-state index contributed by atoms with van der Waals surface area (Å²) in [6.45, 7) is 2.66. The van der Waals surface area contributed by atoms with Crippen LogP contribution in [0.5, 0.6) is 0 Å². The SMILES string of the molecule is CCc1ccc(Cn2nnc3cccc(C(=O)O)c32)s1. The average molecular weight is 287 g/mol. The second-order valence-electron chi connectivity index (χ2n) is 4.45. The van der Waals surface area contributed by atoms with Crippen molar-refractivity contribution in [2.24, 2.45) is 0 Å². The highest BCUT2D eigenvalue weighted by molar-refractivity contribution is 7.11. The predicted molar refractivity (Wildman–Crippen MR) is 77.3 cm³/mol. The van der Waals surface area contributed by atoms with Gasteiger partial charge in [-0.2, -0.15) is 0 Å². The number of carboxylic acid groups (broad SMARTS) is 1. The van der Waals surface area contributed by atoms with Gasteiger partial charge >= 0.3 is 5.97 Å².